The number of nitrogens with zero attached hydrogens (tertiary/aromatic N) is 2. The number of benzene rings is 2. The summed E-state index contributed by atoms with van der Waals surface area (Å²) < 4.78 is 5.96. The third-order valence-electron chi connectivity index (χ3n) is 3.66. The molecule has 5 heteroatoms. The summed E-state index contributed by atoms with van der Waals surface area (Å²) in [5.41, 5.74) is 3.17. The first kappa shape index (κ1) is 15.6. The van der Waals surface area contributed by atoms with Gasteiger partial charge in [-0.05, 0) is 24.6 Å². The second kappa shape index (κ2) is 6.87. The van der Waals surface area contributed by atoms with E-state index in [1.54, 1.807) is 0 Å². The summed E-state index contributed by atoms with van der Waals surface area (Å²) in [6.07, 6.45) is 0. The lowest BCUT2D eigenvalue weighted by atomic mass is 10.1. The van der Waals surface area contributed by atoms with Crippen molar-refractivity contribution in [2.24, 2.45) is 4.99 Å². The number of amides is 1. The van der Waals surface area contributed by atoms with Gasteiger partial charge >= 0.3 is 0 Å². The molecule has 0 radical (unpaired) electrons. The van der Waals surface area contributed by atoms with E-state index in [0.717, 1.165) is 27.7 Å². The minimum absolute atomic E-state index is 0.0782. The molecule has 0 N–H and O–H groups in total. The summed E-state index contributed by atoms with van der Waals surface area (Å²) in [6.45, 7) is 2.50. The highest BCUT2D eigenvalue weighted by molar-refractivity contribution is 8.15. The Hall–Kier alpha value is -2.27. The van der Waals surface area contributed by atoms with Crippen molar-refractivity contribution in [2.75, 3.05) is 17.7 Å². The molecule has 4 nitrogen and oxygen atoms in total. The van der Waals surface area contributed by atoms with Crippen molar-refractivity contribution in [1.82, 2.24) is 0 Å². The van der Waals surface area contributed by atoms with Crippen molar-refractivity contribution in [1.29, 1.82) is 0 Å². The molecule has 0 bridgehead atoms. The van der Waals surface area contributed by atoms with Crippen molar-refractivity contribution < 1.29 is 9.53 Å². The van der Waals surface area contributed by atoms with Crippen LogP contribution in [0.5, 0.6) is 5.75 Å². The van der Waals surface area contributed by atoms with Crippen LogP contribution in [0.4, 0.5) is 5.69 Å². The second-order valence-corrected chi connectivity index (χ2v) is 6.26. The quantitative estimate of drug-likeness (QED) is 0.860. The van der Waals surface area contributed by atoms with E-state index in [1.165, 1.54) is 11.8 Å². The van der Waals surface area contributed by atoms with Crippen molar-refractivity contribution >= 4 is 28.5 Å². The zero-order chi connectivity index (χ0) is 16.2. The lowest BCUT2D eigenvalue weighted by Crippen LogP contribution is -2.23. The molecule has 1 amide bonds. The number of thioether (sulfide) groups is 1. The van der Waals surface area contributed by atoms with Crippen LogP contribution in [-0.2, 0) is 11.4 Å². The maximum Gasteiger partial charge on any atom is 0.258 e. The van der Waals surface area contributed by atoms with Gasteiger partial charge in [0, 0.05) is 18.3 Å². The van der Waals surface area contributed by atoms with Crippen molar-refractivity contribution in [3.05, 3.63) is 59.7 Å². The molecule has 0 atom stereocenters. The number of amidine groups is 1. The maximum absolute atomic E-state index is 11.4. The third kappa shape index (κ3) is 3.56. The lowest BCUT2D eigenvalue weighted by Gasteiger charge is -2.21. The molecule has 3 rings (SSSR count). The molecule has 118 valence electrons. The molecule has 0 saturated heterocycles. The molecule has 2 aromatic carbocycles. The molecular formula is C18H18N2O2S. The fourth-order valence-corrected chi connectivity index (χ4v) is 3.18. The molecule has 0 fully saturated rings. The van der Waals surface area contributed by atoms with Gasteiger partial charge in [0.25, 0.3) is 5.91 Å². The molecule has 2 aromatic rings. The molecule has 23 heavy (non-hydrogen) atoms. The Morgan fingerprint density at radius 1 is 1.17 bits per heavy atom. The summed E-state index contributed by atoms with van der Waals surface area (Å²) in [4.78, 5) is 17.4. The molecule has 0 aromatic heterocycles. The summed E-state index contributed by atoms with van der Waals surface area (Å²) in [7, 11) is 1.93. The van der Waals surface area contributed by atoms with Crippen LogP contribution in [0.25, 0.3) is 0 Å². The van der Waals surface area contributed by atoms with Crippen molar-refractivity contribution in [3.63, 3.8) is 0 Å². The Morgan fingerprint density at radius 3 is 2.65 bits per heavy atom. The van der Waals surface area contributed by atoms with Gasteiger partial charge in [-0.1, -0.05) is 48.2 Å². The first-order valence-electron chi connectivity index (χ1n) is 7.39. The van der Waals surface area contributed by atoms with Crippen LogP contribution in [-0.4, -0.2) is 23.9 Å². The summed E-state index contributed by atoms with van der Waals surface area (Å²) >= 11 is 1.46. The zero-order valence-corrected chi connectivity index (χ0v) is 14.0. The lowest BCUT2D eigenvalue weighted by molar-refractivity contribution is -0.115. The van der Waals surface area contributed by atoms with Gasteiger partial charge < -0.3 is 9.64 Å². The smallest absolute Gasteiger partial charge is 0.258 e. The fraction of sp³-hybridized carbons (Fsp3) is 0.222. The van der Waals surface area contributed by atoms with Crippen LogP contribution >= 0.6 is 11.8 Å². The van der Waals surface area contributed by atoms with Gasteiger partial charge in [0.1, 0.15) is 12.4 Å². The highest BCUT2D eigenvalue weighted by Gasteiger charge is 2.20. The molecule has 1 heterocycles. The highest BCUT2D eigenvalue weighted by atomic mass is 32.2. The number of ether oxygens (including phenoxy) is 1. The predicted octanol–water partition coefficient (Wildman–Crippen LogP) is 3.64. The number of hydrogen-bond donors (Lipinski definition) is 0. The molecule has 1 aliphatic heterocycles. The Bertz CT molecular complexity index is 758. The van der Waals surface area contributed by atoms with Crippen LogP contribution < -0.4 is 9.64 Å². The second-order valence-electron chi connectivity index (χ2n) is 5.32. The van der Waals surface area contributed by atoms with E-state index in [-0.39, 0.29) is 5.91 Å². The van der Waals surface area contributed by atoms with Crippen LogP contribution in [0.15, 0.2) is 53.5 Å². The number of aliphatic imine (C=N–C) groups is 1. The molecular weight excluding hydrogens is 308 g/mol. The topological polar surface area (TPSA) is 41.9 Å². The number of aryl methyl sites for hydroxylation is 1. The van der Waals surface area contributed by atoms with Gasteiger partial charge in [-0.2, -0.15) is 4.99 Å². The highest BCUT2D eigenvalue weighted by Crippen LogP contribution is 2.27. The minimum atomic E-state index is -0.0782. The van der Waals surface area contributed by atoms with Crippen LogP contribution in [0.3, 0.4) is 0 Å². The van der Waals surface area contributed by atoms with E-state index in [1.807, 2.05) is 67.4 Å². The van der Waals surface area contributed by atoms with E-state index in [2.05, 4.69) is 4.99 Å². The van der Waals surface area contributed by atoms with E-state index in [0.29, 0.717) is 12.4 Å². The average Bonchev–Trinajstić information content (AvgIpc) is 3.00. The van der Waals surface area contributed by atoms with Crippen LogP contribution in [0.1, 0.15) is 11.1 Å². The Morgan fingerprint density at radius 2 is 1.91 bits per heavy atom. The van der Waals surface area contributed by atoms with Gasteiger partial charge in [-0.3, -0.25) is 4.79 Å². The van der Waals surface area contributed by atoms with Gasteiger partial charge in [-0.25, -0.2) is 0 Å². The number of rotatable bonds is 4. The monoisotopic (exact) mass is 326 g/mol. The van der Waals surface area contributed by atoms with Crippen molar-refractivity contribution in [3.8, 4) is 5.75 Å². The largest absolute Gasteiger partial charge is 0.489 e. The minimum Gasteiger partial charge on any atom is -0.489 e. The SMILES string of the molecule is Cc1ccccc1OCc1ccccc1N(C)C1=NC(=O)CS1. The van der Waals surface area contributed by atoms with Crippen LogP contribution in [0.2, 0.25) is 0 Å². The number of hydrogen-bond acceptors (Lipinski definition) is 4. The number of carbonyl (C=O) groups is 1. The van der Waals surface area contributed by atoms with E-state index in [9.17, 15) is 4.79 Å². The van der Waals surface area contributed by atoms with Gasteiger partial charge in [0.2, 0.25) is 0 Å². The molecule has 1 aliphatic rings. The predicted molar refractivity (Wildman–Crippen MR) is 95.3 cm³/mol. The van der Waals surface area contributed by atoms with E-state index < -0.39 is 0 Å². The molecule has 0 saturated carbocycles. The number of para-hydroxylation sites is 2. The normalized spacial score (nSPS) is 13.8. The van der Waals surface area contributed by atoms with Crippen molar-refractivity contribution in [2.45, 2.75) is 13.5 Å². The summed E-state index contributed by atoms with van der Waals surface area (Å²) in [6, 6.07) is 16.0. The first-order valence-corrected chi connectivity index (χ1v) is 8.38. The van der Waals surface area contributed by atoms with Gasteiger partial charge in [-0.15, -0.1) is 0 Å². The third-order valence-corrected chi connectivity index (χ3v) is 4.68. The molecule has 0 spiro atoms. The Kier molecular flexibility index (Phi) is 4.67. The average molecular weight is 326 g/mol. The number of carbonyl (C=O) groups excluding carboxylic acids is 1. The molecule has 0 aliphatic carbocycles. The Balaban J connectivity index is 1.79. The maximum atomic E-state index is 11.4. The zero-order valence-electron chi connectivity index (χ0n) is 13.2. The van der Waals surface area contributed by atoms with E-state index in [4.69, 9.17) is 4.74 Å². The van der Waals surface area contributed by atoms with Gasteiger partial charge in [0.05, 0.1) is 5.75 Å². The van der Waals surface area contributed by atoms with Gasteiger partial charge in [0.15, 0.2) is 5.17 Å². The standard InChI is InChI=1S/C18H18N2O2S/c1-13-7-3-6-10-16(13)22-11-14-8-4-5-9-15(14)20(2)18-19-17(21)12-23-18/h3-10H,11-12H2,1-2H3. The molecule has 0 unspecified atom stereocenters. The number of anilines is 1. The summed E-state index contributed by atoms with van der Waals surface area (Å²) in [5.74, 6) is 1.22. The summed E-state index contributed by atoms with van der Waals surface area (Å²) in [5, 5.41) is 0.735. The Labute approximate surface area is 140 Å². The first-order chi connectivity index (χ1) is 11.1. The van der Waals surface area contributed by atoms with Crippen LogP contribution in [0, 0.1) is 6.92 Å². The van der Waals surface area contributed by atoms with E-state index >= 15 is 0 Å². The fourth-order valence-electron chi connectivity index (χ4n) is 2.41.